The van der Waals surface area contributed by atoms with Crippen LogP contribution in [0.1, 0.15) is 24.8 Å². The standard InChI is InChI=1S/C23H25N5O2/c29-22(11-10-18-6-2-1-3-7-18)27-15-12-19(13-16-27)23(30)25-20-8-4-5-9-21(20)28-17-14-24-26-28/h1-9,14,17,19H,10-13,15-16H2,(H,25,30). The van der Waals surface area contributed by atoms with E-state index < -0.39 is 0 Å². The van der Waals surface area contributed by atoms with Crippen molar-refractivity contribution in [3.05, 3.63) is 72.6 Å². The van der Waals surface area contributed by atoms with Gasteiger partial charge in [-0.1, -0.05) is 47.7 Å². The van der Waals surface area contributed by atoms with Crippen LogP contribution in [-0.4, -0.2) is 44.8 Å². The Labute approximate surface area is 175 Å². The van der Waals surface area contributed by atoms with Crippen molar-refractivity contribution < 1.29 is 9.59 Å². The van der Waals surface area contributed by atoms with Crippen LogP contribution >= 0.6 is 0 Å². The van der Waals surface area contributed by atoms with Gasteiger partial charge in [0.15, 0.2) is 0 Å². The van der Waals surface area contributed by atoms with Gasteiger partial charge < -0.3 is 10.2 Å². The summed E-state index contributed by atoms with van der Waals surface area (Å²) in [5, 5.41) is 10.9. The molecule has 0 atom stereocenters. The van der Waals surface area contributed by atoms with Gasteiger partial charge in [-0.3, -0.25) is 9.59 Å². The van der Waals surface area contributed by atoms with Crippen LogP contribution in [0.2, 0.25) is 0 Å². The van der Waals surface area contributed by atoms with Crippen molar-refractivity contribution in [2.24, 2.45) is 5.92 Å². The number of carbonyl (C=O) groups is 2. The molecule has 1 aliphatic rings. The van der Waals surface area contributed by atoms with Gasteiger partial charge >= 0.3 is 0 Å². The highest BCUT2D eigenvalue weighted by Crippen LogP contribution is 2.23. The number of amides is 2. The summed E-state index contributed by atoms with van der Waals surface area (Å²) in [5.74, 6) is 0.0418. The SMILES string of the molecule is O=C(Nc1ccccc1-n1ccnn1)C1CCN(C(=O)CCc2ccccc2)CC1. The molecule has 30 heavy (non-hydrogen) atoms. The Balaban J connectivity index is 1.29. The molecule has 0 bridgehead atoms. The summed E-state index contributed by atoms with van der Waals surface area (Å²) >= 11 is 0. The molecule has 1 N–H and O–H groups in total. The number of nitrogens with one attached hydrogen (secondary N) is 1. The number of aromatic nitrogens is 3. The summed E-state index contributed by atoms with van der Waals surface area (Å²) < 4.78 is 1.63. The lowest BCUT2D eigenvalue weighted by atomic mass is 9.95. The first-order chi connectivity index (χ1) is 14.7. The topological polar surface area (TPSA) is 80.1 Å². The Morgan fingerprint density at radius 3 is 2.47 bits per heavy atom. The predicted octanol–water partition coefficient (Wildman–Crippen LogP) is 3.08. The van der Waals surface area contributed by atoms with Gasteiger partial charge in [-0.05, 0) is 37.0 Å². The molecule has 7 nitrogen and oxygen atoms in total. The minimum Gasteiger partial charge on any atom is -0.343 e. The molecule has 1 aliphatic heterocycles. The molecule has 4 rings (SSSR count). The maximum atomic E-state index is 12.8. The number of aryl methyl sites for hydroxylation is 1. The minimum absolute atomic E-state index is 0.0149. The van der Waals surface area contributed by atoms with Crippen molar-refractivity contribution in [1.82, 2.24) is 19.9 Å². The van der Waals surface area contributed by atoms with Gasteiger partial charge in [-0.15, -0.1) is 5.10 Å². The van der Waals surface area contributed by atoms with E-state index in [1.807, 2.05) is 59.5 Å². The van der Waals surface area contributed by atoms with Gasteiger partial charge in [0.05, 0.1) is 23.8 Å². The molecule has 2 heterocycles. The van der Waals surface area contributed by atoms with E-state index >= 15 is 0 Å². The van der Waals surface area contributed by atoms with Crippen molar-refractivity contribution in [3.63, 3.8) is 0 Å². The van der Waals surface area contributed by atoms with Gasteiger partial charge in [0.2, 0.25) is 11.8 Å². The third-order valence-electron chi connectivity index (χ3n) is 5.52. The fraction of sp³-hybridized carbons (Fsp3) is 0.304. The van der Waals surface area contributed by atoms with E-state index in [2.05, 4.69) is 15.6 Å². The summed E-state index contributed by atoms with van der Waals surface area (Å²) in [6.45, 7) is 1.24. The van der Waals surface area contributed by atoms with Crippen LogP contribution in [-0.2, 0) is 16.0 Å². The second-order valence-electron chi connectivity index (χ2n) is 7.49. The van der Waals surface area contributed by atoms with Crippen molar-refractivity contribution in [1.29, 1.82) is 0 Å². The van der Waals surface area contributed by atoms with Gasteiger partial charge in [0, 0.05) is 25.4 Å². The lowest BCUT2D eigenvalue weighted by molar-refractivity contribution is -0.134. The van der Waals surface area contributed by atoms with Crippen LogP contribution in [0.15, 0.2) is 67.0 Å². The predicted molar refractivity (Wildman–Crippen MR) is 114 cm³/mol. The van der Waals surface area contributed by atoms with Gasteiger partial charge in [0.1, 0.15) is 0 Å². The first kappa shape index (κ1) is 19.8. The molecule has 3 aromatic rings. The molecule has 154 valence electrons. The van der Waals surface area contributed by atoms with Crippen LogP contribution < -0.4 is 5.32 Å². The Hall–Kier alpha value is -3.48. The maximum Gasteiger partial charge on any atom is 0.227 e. The van der Waals surface area contributed by atoms with Crippen LogP contribution in [0, 0.1) is 5.92 Å². The average Bonchev–Trinajstić information content (AvgIpc) is 3.33. The lowest BCUT2D eigenvalue weighted by Gasteiger charge is -2.31. The highest BCUT2D eigenvalue weighted by molar-refractivity contribution is 5.94. The van der Waals surface area contributed by atoms with Gasteiger partial charge in [-0.2, -0.15) is 0 Å². The maximum absolute atomic E-state index is 12.8. The molecule has 0 unspecified atom stereocenters. The van der Waals surface area contributed by atoms with Crippen molar-refractivity contribution in [3.8, 4) is 5.69 Å². The summed E-state index contributed by atoms with van der Waals surface area (Å²) in [6.07, 6.45) is 5.95. The second kappa shape index (κ2) is 9.35. The fourth-order valence-electron chi connectivity index (χ4n) is 3.80. The third-order valence-corrected chi connectivity index (χ3v) is 5.52. The number of likely N-dealkylation sites (tertiary alicyclic amines) is 1. The van der Waals surface area contributed by atoms with Gasteiger partial charge in [0.25, 0.3) is 0 Å². The van der Waals surface area contributed by atoms with E-state index in [0.717, 1.165) is 12.1 Å². The molecule has 0 saturated carbocycles. The molecule has 7 heteroatoms. The molecule has 2 amide bonds. The molecule has 0 aliphatic carbocycles. The van der Waals surface area contributed by atoms with E-state index in [1.165, 1.54) is 5.56 Å². The number of piperidine rings is 1. The van der Waals surface area contributed by atoms with E-state index in [-0.39, 0.29) is 17.7 Å². The first-order valence-electron chi connectivity index (χ1n) is 10.3. The Bertz CT molecular complexity index is 980. The molecule has 0 spiro atoms. The fourth-order valence-corrected chi connectivity index (χ4v) is 3.80. The van der Waals surface area contributed by atoms with E-state index in [1.54, 1.807) is 17.1 Å². The number of rotatable bonds is 6. The zero-order valence-corrected chi connectivity index (χ0v) is 16.8. The molecule has 1 fully saturated rings. The normalized spacial score (nSPS) is 14.5. The highest BCUT2D eigenvalue weighted by atomic mass is 16.2. The van der Waals surface area contributed by atoms with Crippen molar-refractivity contribution in [2.45, 2.75) is 25.7 Å². The number of nitrogens with zero attached hydrogens (tertiary/aromatic N) is 4. The Kier molecular flexibility index (Phi) is 6.17. The van der Waals surface area contributed by atoms with Crippen LogP contribution in [0.5, 0.6) is 0 Å². The molecule has 0 radical (unpaired) electrons. The number of hydrogen-bond acceptors (Lipinski definition) is 4. The quantitative estimate of drug-likeness (QED) is 0.686. The molecular weight excluding hydrogens is 378 g/mol. The van der Waals surface area contributed by atoms with Crippen molar-refractivity contribution >= 4 is 17.5 Å². The second-order valence-corrected chi connectivity index (χ2v) is 7.49. The van der Waals surface area contributed by atoms with Crippen LogP contribution in [0.3, 0.4) is 0 Å². The zero-order valence-electron chi connectivity index (χ0n) is 16.8. The Morgan fingerprint density at radius 1 is 1.00 bits per heavy atom. The number of anilines is 1. The van der Waals surface area contributed by atoms with E-state index in [9.17, 15) is 9.59 Å². The summed E-state index contributed by atoms with van der Waals surface area (Å²) in [7, 11) is 0. The van der Waals surface area contributed by atoms with E-state index in [0.29, 0.717) is 38.0 Å². The monoisotopic (exact) mass is 403 g/mol. The molecule has 1 aromatic heterocycles. The number of para-hydroxylation sites is 2. The van der Waals surface area contributed by atoms with Crippen molar-refractivity contribution in [2.75, 3.05) is 18.4 Å². The third kappa shape index (κ3) is 4.74. The minimum atomic E-state index is -0.105. The van der Waals surface area contributed by atoms with Crippen LogP contribution in [0.4, 0.5) is 5.69 Å². The molecule has 2 aromatic carbocycles. The first-order valence-corrected chi connectivity index (χ1v) is 10.3. The van der Waals surface area contributed by atoms with Crippen LogP contribution in [0.25, 0.3) is 5.69 Å². The largest absolute Gasteiger partial charge is 0.343 e. The summed E-state index contributed by atoms with van der Waals surface area (Å²) in [6, 6.07) is 17.6. The number of carbonyl (C=O) groups excluding carboxylic acids is 2. The summed E-state index contributed by atoms with van der Waals surface area (Å²) in [4.78, 5) is 27.2. The molecule has 1 saturated heterocycles. The number of benzene rings is 2. The highest BCUT2D eigenvalue weighted by Gasteiger charge is 2.27. The Morgan fingerprint density at radius 2 is 1.73 bits per heavy atom. The van der Waals surface area contributed by atoms with Gasteiger partial charge in [-0.25, -0.2) is 4.68 Å². The number of hydrogen-bond donors (Lipinski definition) is 1. The lowest BCUT2D eigenvalue weighted by Crippen LogP contribution is -2.41. The summed E-state index contributed by atoms with van der Waals surface area (Å²) in [5.41, 5.74) is 2.65. The zero-order chi connectivity index (χ0) is 20.8. The van der Waals surface area contributed by atoms with E-state index in [4.69, 9.17) is 0 Å². The average molecular weight is 403 g/mol. The molecular formula is C23H25N5O2. The smallest absolute Gasteiger partial charge is 0.227 e.